The first-order chi connectivity index (χ1) is 6.53. The molecule has 1 saturated heterocycles. The van der Waals surface area contributed by atoms with Crippen molar-refractivity contribution in [2.24, 2.45) is 5.41 Å². The van der Waals surface area contributed by atoms with Crippen LogP contribution in [0.5, 0.6) is 0 Å². The molecule has 0 saturated carbocycles. The van der Waals surface area contributed by atoms with Crippen molar-refractivity contribution < 1.29 is 4.74 Å². The number of nitrogens with one attached hydrogen (secondary N) is 1. The third-order valence-electron chi connectivity index (χ3n) is 2.56. The van der Waals surface area contributed by atoms with Gasteiger partial charge in [0.05, 0.1) is 23.7 Å². The van der Waals surface area contributed by atoms with Crippen LogP contribution >= 0.6 is 0 Å². The minimum atomic E-state index is -0.274. The standard InChI is InChI=1S/C11H20N2O/c1-9-4-5-10(14-9)6-13-8-11(2,3)7-12/h9-10,13H,4-6,8H2,1-3H3. The molecule has 14 heavy (non-hydrogen) atoms. The van der Waals surface area contributed by atoms with Gasteiger partial charge in [0.2, 0.25) is 0 Å². The monoisotopic (exact) mass is 196 g/mol. The molecular weight excluding hydrogens is 176 g/mol. The maximum atomic E-state index is 8.81. The lowest BCUT2D eigenvalue weighted by molar-refractivity contribution is 0.0553. The van der Waals surface area contributed by atoms with E-state index in [1.54, 1.807) is 0 Å². The van der Waals surface area contributed by atoms with Gasteiger partial charge in [-0.3, -0.25) is 0 Å². The molecule has 2 atom stereocenters. The van der Waals surface area contributed by atoms with Gasteiger partial charge in [-0.15, -0.1) is 0 Å². The van der Waals surface area contributed by atoms with Crippen LogP contribution in [0.2, 0.25) is 0 Å². The first kappa shape index (κ1) is 11.5. The molecule has 1 fully saturated rings. The van der Waals surface area contributed by atoms with Crippen molar-refractivity contribution in [3.05, 3.63) is 0 Å². The number of hydrogen-bond acceptors (Lipinski definition) is 3. The first-order valence-electron chi connectivity index (χ1n) is 5.31. The van der Waals surface area contributed by atoms with Crippen molar-refractivity contribution in [3.8, 4) is 6.07 Å². The lowest BCUT2D eigenvalue weighted by atomic mass is 9.96. The average Bonchev–Trinajstić information content (AvgIpc) is 2.51. The second kappa shape index (κ2) is 4.77. The fraction of sp³-hybridized carbons (Fsp3) is 0.909. The number of hydrogen-bond donors (Lipinski definition) is 1. The molecule has 0 aliphatic carbocycles. The van der Waals surface area contributed by atoms with Crippen LogP contribution in [0, 0.1) is 16.7 Å². The van der Waals surface area contributed by atoms with Crippen LogP contribution in [0.25, 0.3) is 0 Å². The van der Waals surface area contributed by atoms with Crippen LogP contribution in [-0.2, 0) is 4.74 Å². The Kier molecular flexibility index (Phi) is 3.91. The Bertz CT molecular complexity index is 220. The van der Waals surface area contributed by atoms with Gasteiger partial charge < -0.3 is 10.1 Å². The van der Waals surface area contributed by atoms with E-state index in [9.17, 15) is 0 Å². The number of rotatable bonds is 4. The van der Waals surface area contributed by atoms with Crippen LogP contribution in [0.15, 0.2) is 0 Å². The van der Waals surface area contributed by atoms with E-state index in [1.807, 2.05) is 13.8 Å². The van der Waals surface area contributed by atoms with Gasteiger partial charge in [0.15, 0.2) is 0 Å². The Labute approximate surface area is 86.4 Å². The Hall–Kier alpha value is -0.590. The summed E-state index contributed by atoms with van der Waals surface area (Å²) in [5.74, 6) is 0. The topological polar surface area (TPSA) is 45.0 Å². The van der Waals surface area contributed by atoms with E-state index in [0.29, 0.717) is 12.2 Å². The van der Waals surface area contributed by atoms with Gasteiger partial charge in [0.25, 0.3) is 0 Å². The van der Waals surface area contributed by atoms with Crippen LogP contribution in [-0.4, -0.2) is 25.3 Å². The smallest absolute Gasteiger partial charge is 0.0704 e. The highest BCUT2D eigenvalue weighted by molar-refractivity contribution is 4.93. The molecule has 80 valence electrons. The van der Waals surface area contributed by atoms with Crippen molar-refractivity contribution in [1.29, 1.82) is 5.26 Å². The molecule has 0 bridgehead atoms. The quantitative estimate of drug-likeness (QED) is 0.744. The van der Waals surface area contributed by atoms with Crippen molar-refractivity contribution in [2.75, 3.05) is 13.1 Å². The van der Waals surface area contributed by atoms with E-state index >= 15 is 0 Å². The zero-order chi connectivity index (χ0) is 10.6. The summed E-state index contributed by atoms with van der Waals surface area (Å²) in [6.45, 7) is 7.60. The lowest BCUT2D eigenvalue weighted by Crippen LogP contribution is -2.34. The molecule has 0 aromatic rings. The Morgan fingerprint density at radius 3 is 2.71 bits per heavy atom. The molecule has 0 radical (unpaired) electrons. The van der Waals surface area contributed by atoms with Gasteiger partial charge in [-0.2, -0.15) is 5.26 Å². The number of nitriles is 1. The molecule has 1 aliphatic heterocycles. The van der Waals surface area contributed by atoms with E-state index in [1.165, 1.54) is 0 Å². The van der Waals surface area contributed by atoms with Crippen molar-refractivity contribution in [2.45, 2.75) is 45.8 Å². The summed E-state index contributed by atoms with van der Waals surface area (Å²) in [7, 11) is 0. The van der Waals surface area contributed by atoms with Crippen molar-refractivity contribution >= 4 is 0 Å². The molecule has 0 spiro atoms. The Balaban J connectivity index is 2.13. The number of ether oxygens (including phenoxy) is 1. The van der Waals surface area contributed by atoms with E-state index in [4.69, 9.17) is 10.00 Å². The van der Waals surface area contributed by atoms with Gasteiger partial charge >= 0.3 is 0 Å². The van der Waals surface area contributed by atoms with E-state index in [2.05, 4.69) is 18.3 Å². The third kappa shape index (κ3) is 3.65. The van der Waals surface area contributed by atoms with Crippen molar-refractivity contribution in [1.82, 2.24) is 5.32 Å². The highest BCUT2D eigenvalue weighted by Gasteiger charge is 2.22. The summed E-state index contributed by atoms with van der Waals surface area (Å²) >= 11 is 0. The van der Waals surface area contributed by atoms with Gasteiger partial charge in [-0.1, -0.05) is 0 Å². The van der Waals surface area contributed by atoms with Gasteiger partial charge in [-0.05, 0) is 33.6 Å². The highest BCUT2D eigenvalue weighted by atomic mass is 16.5. The van der Waals surface area contributed by atoms with Gasteiger partial charge in [0, 0.05) is 13.1 Å². The number of nitrogens with zero attached hydrogens (tertiary/aromatic N) is 1. The Morgan fingerprint density at radius 1 is 1.50 bits per heavy atom. The molecule has 2 unspecified atom stereocenters. The second-order valence-electron chi connectivity index (χ2n) is 4.77. The van der Waals surface area contributed by atoms with Gasteiger partial charge in [-0.25, -0.2) is 0 Å². The zero-order valence-electron chi connectivity index (χ0n) is 9.34. The minimum Gasteiger partial charge on any atom is -0.374 e. The Morgan fingerprint density at radius 2 is 2.21 bits per heavy atom. The minimum absolute atomic E-state index is 0.274. The van der Waals surface area contributed by atoms with E-state index in [0.717, 1.165) is 25.9 Å². The molecule has 1 rings (SSSR count). The molecule has 1 aliphatic rings. The van der Waals surface area contributed by atoms with E-state index in [-0.39, 0.29) is 5.41 Å². The third-order valence-corrected chi connectivity index (χ3v) is 2.56. The van der Waals surface area contributed by atoms with Gasteiger partial charge in [0.1, 0.15) is 0 Å². The average molecular weight is 196 g/mol. The molecule has 0 aromatic heterocycles. The maximum absolute atomic E-state index is 8.81. The molecule has 3 heteroatoms. The van der Waals surface area contributed by atoms with Crippen LogP contribution in [0.3, 0.4) is 0 Å². The SMILES string of the molecule is CC1CCC(CNCC(C)(C)C#N)O1. The predicted molar refractivity (Wildman–Crippen MR) is 55.8 cm³/mol. The summed E-state index contributed by atoms with van der Waals surface area (Å²) in [6.07, 6.45) is 3.06. The summed E-state index contributed by atoms with van der Waals surface area (Å²) in [4.78, 5) is 0. The fourth-order valence-corrected chi connectivity index (χ4v) is 1.62. The molecular formula is C11H20N2O. The van der Waals surface area contributed by atoms with Crippen LogP contribution in [0.1, 0.15) is 33.6 Å². The predicted octanol–water partition coefficient (Wildman–Crippen LogP) is 1.69. The lowest BCUT2D eigenvalue weighted by Gasteiger charge is -2.18. The molecule has 3 nitrogen and oxygen atoms in total. The van der Waals surface area contributed by atoms with Crippen molar-refractivity contribution in [3.63, 3.8) is 0 Å². The van der Waals surface area contributed by atoms with E-state index < -0.39 is 0 Å². The molecule has 1 heterocycles. The molecule has 0 amide bonds. The summed E-state index contributed by atoms with van der Waals surface area (Å²) in [6, 6.07) is 2.27. The summed E-state index contributed by atoms with van der Waals surface area (Å²) in [5, 5.41) is 12.1. The first-order valence-corrected chi connectivity index (χ1v) is 5.31. The molecule has 0 aromatic carbocycles. The zero-order valence-corrected chi connectivity index (χ0v) is 9.34. The maximum Gasteiger partial charge on any atom is 0.0704 e. The summed E-state index contributed by atoms with van der Waals surface area (Å²) < 4.78 is 5.66. The second-order valence-corrected chi connectivity index (χ2v) is 4.77. The van der Waals surface area contributed by atoms with Crippen LogP contribution < -0.4 is 5.32 Å². The normalized spacial score (nSPS) is 27.6. The van der Waals surface area contributed by atoms with Crippen LogP contribution in [0.4, 0.5) is 0 Å². The largest absolute Gasteiger partial charge is 0.374 e. The fourth-order valence-electron chi connectivity index (χ4n) is 1.62. The summed E-state index contributed by atoms with van der Waals surface area (Å²) in [5.41, 5.74) is -0.274. The highest BCUT2D eigenvalue weighted by Crippen LogP contribution is 2.18. The molecule has 1 N–H and O–H groups in total.